The normalized spacial score (nSPS) is 17.3. The first-order valence-corrected chi connectivity index (χ1v) is 9.84. The van der Waals surface area contributed by atoms with Crippen molar-refractivity contribution in [3.63, 3.8) is 0 Å². The van der Waals surface area contributed by atoms with Crippen molar-refractivity contribution >= 4 is 36.4 Å². The summed E-state index contributed by atoms with van der Waals surface area (Å²) in [6, 6.07) is 7.32. The van der Waals surface area contributed by atoms with E-state index in [0.717, 1.165) is 30.8 Å². The van der Waals surface area contributed by atoms with Gasteiger partial charge in [-0.25, -0.2) is 4.98 Å². The van der Waals surface area contributed by atoms with E-state index in [2.05, 4.69) is 27.4 Å². The van der Waals surface area contributed by atoms with Crippen LogP contribution < -0.4 is 15.5 Å². The number of hydrogen-bond donors (Lipinski definition) is 2. The van der Waals surface area contributed by atoms with Crippen molar-refractivity contribution in [1.82, 2.24) is 9.88 Å². The van der Waals surface area contributed by atoms with Gasteiger partial charge in [-0.2, -0.15) is 0 Å². The van der Waals surface area contributed by atoms with Gasteiger partial charge >= 0.3 is 0 Å². The molecule has 0 unspecified atom stereocenters. The van der Waals surface area contributed by atoms with E-state index in [1.165, 1.54) is 0 Å². The molecular formula is C21H25BClN3O2. The molecule has 2 aromatic rings. The average molecular weight is 398 g/mol. The zero-order valence-corrected chi connectivity index (χ0v) is 16.8. The Balaban J connectivity index is 1.71. The van der Waals surface area contributed by atoms with Gasteiger partial charge in [0, 0.05) is 36.8 Å². The number of pyridine rings is 1. The van der Waals surface area contributed by atoms with Crippen molar-refractivity contribution in [1.29, 1.82) is 0 Å². The quantitative estimate of drug-likeness (QED) is 0.556. The van der Waals surface area contributed by atoms with E-state index >= 15 is 0 Å². The van der Waals surface area contributed by atoms with Crippen LogP contribution in [0.5, 0.6) is 5.75 Å². The smallest absolute Gasteiger partial charge is 0.142 e. The number of aliphatic hydroxyl groups is 1. The molecule has 0 bridgehead atoms. The van der Waals surface area contributed by atoms with Gasteiger partial charge in [0.05, 0.1) is 18.9 Å². The molecule has 2 heterocycles. The molecule has 28 heavy (non-hydrogen) atoms. The zero-order valence-electron chi connectivity index (χ0n) is 16.1. The predicted molar refractivity (Wildman–Crippen MR) is 115 cm³/mol. The molecular weight excluding hydrogens is 373 g/mol. The summed E-state index contributed by atoms with van der Waals surface area (Å²) in [6.07, 6.45) is 7.13. The van der Waals surface area contributed by atoms with E-state index in [1.54, 1.807) is 18.3 Å². The Labute approximate surface area is 172 Å². The molecule has 146 valence electrons. The van der Waals surface area contributed by atoms with Crippen molar-refractivity contribution in [2.24, 2.45) is 5.92 Å². The number of β-amino-alcohol motifs (C(OH)–C–C–N with tert-alkyl or cyclic N) is 1. The monoisotopic (exact) mass is 397 g/mol. The molecule has 0 saturated heterocycles. The molecule has 0 amide bonds. The lowest BCUT2D eigenvalue weighted by atomic mass is 9.95. The van der Waals surface area contributed by atoms with Crippen molar-refractivity contribution in [3.05, 3.63) is 53.2 Å². The summed E-state index contributed by atoms with van der Waals surface area (Å²) in [5.41, 5.74) is 2.29. The highest BCUT2D eigenvalue weighted by atomic mass is 35.5. The summed E-state index contributed by atoms with van der Waals surface area (Å²) in [4.78, 5) is 6.62. The molecule has 3 rings (SSSR count). The Morgan fingerprint density at radius 2 is 2.25 bits per heavy atom. The minimum Gasteiger partial charge on any atom is -0.491 e. The van der Waals surface area contributed by atoms with Crippen LogP contribution in [0.2, 0.25) is 5.02 Å². The number of hydrogen-bond acceptors (Lipinski definition) is 5. The Hall–Kier alpha value is -2.02. The third-order valence-corrected chi connectivity index (χ3v) is 4.87. The molecule has 2 N–H and O–H groups in total. The van der Waals surface area contributed by atoms with Crippen molar-refractivity contribution < 1.29 is 9.84 Å². The summed E-state index contributed by atoms with van der Waals surface area (Å²) in [6.45, 7) is 5.15. The zero-order chi connectivity index (χ0) is 19.9. The largest absolute Gasteiger partial charge is 0.491 e. The van der Waals surface area contributed by atoms with Crippen LogP contribution in [0.3, 0.4) is 0 Å². The van der Waals surface area contributed by atoms with Crippen LogP contribution in [0, 0.1) is 12.8 Å². The number of benzene rings is 1. The van der Waals surface area contributed by atoms with Gasteiger partial charge in [0.2, 0.25) is 0 Å². The number of halogens is 1. The minimum absolute atomic E-state index is 0.170. The van der Waals surface area contributed by atoms with Gasteiger partial charge in [0.25, 0.3) is 0 Å². The highest BCUT2D eigenvalue weighted by molar-refractivity contribution is 6.35. The molecule has 0 spiro atoms. The SMILES string of the molecule is [B]c1cc(C)cnc1Nc1cc(Cl)ccc1OC[C@H]1C=CCCN(CCO)C1. The third kappa shape index (κ3) is 5.74. The van der Waals surface area contributed by atoms with E-state index in [9.17, 15) is 5.11 Å². The van der Waals surface area contributed by atoms with Gasteiger partial charge in [-0.15, -0.1) is 0 Å². The maximum Gasteiger partial charge on any atom is 0.142 e. The van der Waals surface area contributed by atoms with E-state index in [4.69, 9.17) is 24.2 Å². The predicted octanol–water partition coefficient (Wildman–Crippen LogP) is 2.83. The molecule has 0 aliphatic carbocycles. The van der Waals surface area contributed by atoms with Gasteiger partial charge in [0.15, 0.2) is 0 Å². The number of anilines is 2. The maximum atomic E-state index is 9.22. The van der Waals surface area contributed by atoms with Crippen molar-refractivity contribution in [3.8, 4) is 5.75 Å². The van der Waals surface area contributed by atoms with E-state index in [0.29, 0.717) is 35.2 Å². The topological polar surface area (TPSA) is 57.6 Å². The Morgan fingerprint density at radius 3 is 3.04 bits per heavy atom. The molecule has 1 atom stereocenters. The molecule has 0 fully saturated rings. The van der Waals surface area contributed by atoms with Crippen LogP contribution in [0.4, 0.5) is 11.5 Å². The minimum atomic E-state index is 0.170. The van der Waals surface area contributed by atoms with E-state index in [-0.39, 0.29) is 12.5 Å². The fraction of sp³-hybridized carbons (Fsp3) is 0.381. The van der Waals surface area contributed by atoms with Gasteiger partial charge < -0.3 is 20.1 Å². The lowest BCUT2D eigenvalue weighted by Crippen LogP contribution is -2.33. The Morgan fingerprint density at radius 1 is 1.39 bits per heavy atom. The first-order chi connectivity index (χ1) is 13.5. The standard InChI is InChI=1S/C21H25BClN3O2/c1-15-10-18(22)21(24-12-15)25-19-11-17(23)5-6-20(19)28-14-16-4-2-3-7-26(13-16)8-9-27/h2,4-6,10-12,16,27H,3,7-9,13-14H2,1H3,(H,24,25)/t16-/m0/s1. The molecule has 1 aliphatic rings. The second-order valence-corrected chi connectivity index (χ2v) is 7.46. The van der Waals surface area contributed by atoms with Crippen LogP contribution in [-0.4, -0.2) is 55.7 Å². The summed E-state index contributed by atoms with van der Waals surface area (Å²) in [5.74, 6) is 1.51. The molecule has 0 saturated carbocycles. The summed E-state index contributed by atoms with van der Waals surface area (Å²) in [5, 5.41) is 13.0. The molecule has 1 aromatic carbocycles. The molecule has 5 nitrogen and oxygen atoms in total. The fourth-order valence-corrected chi connectivity index (χ4v) is 3.40. The van der Waals surface area contributed by atoms with Crippen LogP contribution >= 0.6 is 11.6 Å². The Bertz CT molecular complexity index is 831. The van der Waals surface area contributed by atoms with Crippen LogP contribution in [0.1, 0.15) is 12.0 Å². The van der Waals surface area contributed by atoms with Crippen LogP contribution in [-0.2, 0) is 0 Å². The van der Waals surface area contributed by atoms with E-state index < -0.39 is 0 Å². The highest BCUT2D eigenvalue weighted by Gasteiger charge is 2.16. The van der Waals surface area contributed by atoms with Crippen molar-refractivity contribution in [2.75, 3.05) is 38.2 Å². The molecule has 2 radical (unpaired) electrons. The number of ether oxygens (including phenoxy) is 1. The Kier molecular flexibility index (Phi) is 7.37. The second-order valence-electron chi connectivity index (χ2n) is 7.03. The summed E-state index contributed by atoms with van der Waals surface area (Å²) >= 11 is 6.18. The van der Waals surface area contributed by atoms with Crippen molar-refractivity contribution in [2.45, 2.75) is 13.3 Å². The first kappa shape index (κ1) is 20.7. The average Bonchev–Trinajstić information content (AvgIpc) is 2.89. The van der Waals surface area contributed by atoms with Crippen LogP contribution in [0.25, 0.3) is 0 Å². The second kappa shape index (κ2) is 9.96. The first-order valence-electron chi connectivity index (χ1n) is 9.46. The highest BCUT2D eigenvalue weighted by Crippen LogP contribution is 2.30. The number of aryl methyl sites for hydroxylation is 1. The summed E-state index contributed by atoms with van der Waals surface area (Å²) < 4.78 is 6.12. The van der Waals surface area contributed by atoms with Gasteiger partial charge in [-0.05, 0) is 37.1 Å². The van der Waals surface area contributed by atoms with Crippen LogP contribution in [0.15, 0.2) is 42.6 Å². The number of nitrogens with one attached hydrogen (secondary N) is 1. The summed E-state index contributed by atoms with van der Waals surface area (Å²) in [7, 11) is 6.08. The third-order valence-electron chi connectivity index (χ3n) is 4.63. The lowest BCUT2D eigenvalue weighted by molar-refractivity contribution is 0.169. The van der Waals surface area contributed by atoms with Gasteiger partial charge in [0.1, 0.15) is 19.4 Å². The van der Waals surface area contributed by atoms with Gasteiger partial charge in [-0.1, -0.05) is 35.3 Å². The molecule has 7 heteroatoms. The van der Waals surface area contributed by atoms with E-state index in [1.807, 2.05) is 19.1 Å². The maximum absolute atomic E-state index is 9.22. The number of aromatic nitrogens is 1. The molecule has 1 aromatic heterocycles. The lowest BCUT2D eigenvalue weighted by Gasteiger charge is -2.23. The molecule has 1 aliphatic heterocycles. The number of rotatable bonds is 7. The number of nitrogens with zero attached hydrogens (tertiary/aromatic N) is 2. The number of aliphatic hydroxyl groups excluding tert-OH is 1. The van der Waals surface area contributed by atoms with Gasteiger partial charge in [-0.3, -0.25) is 0 Å². The fourth-order valence-electron chi connectivity index (χ4n) is 3.23.